The number of hydrogen-bond donors (Lipinski definition) is 0. The molecule has 1 aromatic heterocycles. The van der Waals surface area contributed by atoms with E-state index in [9.17, 15) is 9.59 Å². The van der Waals surface area contributed by atoms with Crippen LogP contribution in [0.3, 0.4) is 0 Å². The Hall–Kier alpha value is -2.96. The van der Waals surface area contributed by atoms with E-state index in [1.165, 1.54) is 0 Å². The number of ether oxygens (including phenoxy) is 1. The molecular weight excluding hydrogens is 410 g/mol. The topological polar surface area (TPSA) is 59.8 Å². The van der Waals surface area contributed by atoms with Crippen LogP contribution in [0.1, 0.15) is 12.7 Å². The van der Waals surface area contributed by atoms with Crippen LogP contribution in [0.15, 0.2) is 70.0 Å². The summed E-state index contributed by atoms with van der Waals surface area (Å²) in [5.74, 6) is 1.18. The number of imide groups is 1. The quantitative estimate of drug-likeness (QED) is 0.453. The van der Waals surface area contributed by atoms with Gasteiger partial charge in [-0.2, -0.15) is 0 Å². The van der Waals surface area contributed by atoms with Crippen molar-refractivity contribution in [1.29, 1.82) is 0 Å². The normalized spacial score (nSPS) is 15.4. The zero-order valence-electron chi connectivity index (χ0n) is 15.4. The molecule has 2 amide bonds. The molecule has 1 saturated heterocycles. The number of anilines is 1. The molecule has 0 saturated carbocycles. The number of carbonyl (C=O) groups is 2. The van der Waals surface area contributed by atoms with Crippen LogP contribution in [0.2, 0.25) is 5.02 Å². The van der Waals surface area contributed by atoms with Crippen LogP contribution >= 0.6 is 23.4 Å². The predicted octanol–water partition coefficient (Wildman–Crippen LogP) is 6.24. The van der Waals surface area contributed by atoms with Crippen LogP contribution < -0.4 is 9.64 Å². The van der Waals surface area contributed by atoms with Crippen molar-refractivity contribution in [2.45, 2.75) is 6.92 Å². The van der Waals surface area contributed by atoms with Crippen LogP contribution in [0.5, 0.6) is 5.75 Å². The summed E-state index contributed by atoms with van der Waals surface area (Å²) in [6, 6.07) is 17.8. The van der Waals surface area contributed by atoms with Gasteiger partial charge in [-0.05, 0) is 55.1 Å². The second kappa shape index (κ2) is 8.19. The molecule has 1 aliphatic heterocycles. The molecule has 5 nitrogen and oxygen atoms in total. The Morgan fingerprint density at radius 1 is 1.10 bits per heavy atom. The van der Waals surface area contributed by atoms with Gasteiger partial charge in [0, 0.05) is 16.7 Å². The SMILES string of the molecule is CCOc1ccccc1N1C(=O)S/C(=C/c2ccc(-c3cccc(Cl)c3)o2)C1=O. The van der Waals surface area contributed by atoms with Crippen molar-refractivity contribution in [2.24, 2.45) is 0 Å². The third-order valence-electron chi connectivity index (χ3n) is 4.21. The molecular formula is C22H16ClNO4S. The zero-order valence-corrected chi connectivity index (χ0v) is 17.0. The van der Waals surface area contributed by atoms with Crippen molar-refractivity contribution in [3.8, 4) is 17.1 Å². The van der Waals surface area contributed by atoms with Crippen molar-refractivity contribution < 1.29 is 18.7 Å². The van der Waals surface area contributed by atoms with Gasteiger partial charge in [-0.1, -0.05) is 35.9 Å². The highest BCUT2D eigenvalue weighted by Crippen LogP contribution is 2.40. The Morgan fingerprint density at radius 3 is 2.72 bits per heavy atom. The molecule has 7 heteroatoms. The number of benzene rings is 2. The molecule has 0 N–H and O–H groups in total. The second-order valence-corrected chi connectivity index (χ2v) is 7.56. The highest BCUT2D eigenvalue weighted by Gasteiger charge is 2.38. The fourth-order valence-corrected chi connectivity index (χ4v) is 3.96. The number of amides is 2. The Kier molecular flexibility index (Phi) is 5.47. The summed E-state index contributed by atoms with van der Waals surface area (Å²) in [5.41, 5.74) is 1.26. The Labute approximate surface area is 176 Å². The third kappa shape index (κ3) is 3.95. The number of para-hydroxylation sites is 2. The van der Waals surface area contributed by atoms with E-state index in [1.807, 2.05) is 19.1 Å². The number of furan rings is 1. The summed E-state index contributed by atoms with van der Waals surface area (Å²) in [5, 5.41) is 0.226. The van der Waals surface area contributed by atoms with Gasteiger partial charge in [-0.15, -0.1) is 0 Å². The molecule has 0 atom stereocenters. The van der Waals surface area contributed by atoms with Crippen LogP contribution in [-0.2, 0) is 4.79 Å². The van der Waals surface area contributed by atoms with Crippen molar-refractivity contribution in [3.63, 3.8) is 0 Å². The summed E-state index contributed by atoms with van der Waals surface area (Å²) in [6.07, 6.45) is 1.57. The van der Waals surface area contributed by atoms with Crippen LogP contribution in [0.25, 0.3) is 17.4 Å². The van der Waals surface area contributed by atoms with E-state index >= 15 is 0 Å². The van der Waals surface area contributed by atoms with Crippen molar-refractivity contribution in [2.75, 3.05) is 11.5 Å². The molecule has 3 aromatic rings. The van der Waals surface area contributed by atoms with Crippen LogP contribution in [0.4, 0.5) is 10.5 Å². The standard InChI is InChI=1S/C22H16ClNO4S/c1-2-27-19-9-4-3-8-17(19)24-21(25)20(29-22(24)26)13-16-10-11-18(28-16)14-6-5-7-15(23)12-14/h3-13H,2H2,1H3/b20-13+. The van der Waals surface area contributed by atoms with E-state index in [0.29, 0.717) is 34.6 Å². The fraction of sp³-hybridized carbons (Fsp3) is 0.0909. The summed E-state index contributed by atoms with van der Waals surface area (Å²) in [7, 11) is 0. The van der Waals surface area contributed by atoms with Gasteiger partial charge >= 0.3 is 0 Å². The smallest absolute Gasteiger partial charge is 0.298 e. The monoisotopic (exact) mass is 425 g/mol. The average Bonchev–Trinajstić information content (AvgIpc) is 3.28. The molecule has 1 aliphatic rings. The van der Waals surface area contributed by atoms with E-state index < -0.39 is 5.91 Å². The van der Waals surface area contributed by atoms with Gasteiger partial charge < -0.3 is 9.15 Å². The Morgan fingerprint density at radius 2 is 1.93 bits per heavy atom. The minimum absolute atomic E-state index is 0.285. The molecule has 0 spiro atoms. The number of hydrogen-bond acceptors (Lipinski definition) is 5. The lowest BCUT2D eigenvalue weighted by atomic mass is 10.2. The second-order valence-electron chi connectivity index (χ2n) is 6.13. The van der Waals surface area contributed by atoms with Gasteiger partial charge in [-0.25, -0.2) is 4.90 Å². The average molecular weight is 426 g/mol. The van der Waals surface area contributed by atoms with Crippen molar-refractivity contribution in [3.05, 3.63) is 76.4 Å². The molecule has 29 heavy (non-hydrogen) atoms. The first kappa shape index (κ1) is 19.4. The summed E-state index contributed by atoms with van der Waals surface area (Å²) in [4.78, 5) is 26.8. The molecule has 0 bridgehead atoms. The summed E-state index contributed by atoms with van der Waals surface area (Å²) >= 11 is 6.90. The van der Waals surface area contributed by atoms with E-state index in [4.69, 9.17) is 20.8 Å². The molecule has 2 aromatic carbocycles. The highest BCUT2D eigenvalue weighted by atomic mass is 35.5. The number of halogens is 1. The van der Waals surface area contributed by atoms with Crippen LogP contribution in [-0.4, -0.2) is 17.8 Å². The number of nitrogens with zero attached hydrogens (tertiary/aromatic N) is 1. The molecule has 0 aliphatic carbocycles. The predicted molar refractivity (Wildman–Crippen MR) is 115 cm³/mol. The molecule has 2 heterocycles. The molecule has 0 radical (unpaired) electrons. The third-order valence-corrected chi connectivity index (χ3v) is 5.31. The van der Waals surface area contributed by atoms with Crippen molar-refractivity contribution in [1.82, 2.24) is 0 Å². The fourth-order valence-electron chi connectivity index (χ4n) is 2.95. The van der Waals surface area contributed by atoms with Gasteiger partial charge in [0.25, 0.3) is 11.1 Å². The Bertz CT molecular complexity index is 1120. The van der Waals surface area contributed by atoms with Gasteiger partial charge in [0.1, 0.15) is 17.3 Å². The summed E-state index contributed by atoms with van der Waals surface area (Å²) < 4.78 is 11.4. The first-order valence-electron chi connectivity index (χ1n) is 8.92. The lowest BCUT2D eigenvalue weighted by Crippen LogP contribution is -2.28. The minimum Gasteiger partial charge on any atom is -0.492 e. The molecule has 0 unspecified atom stereocenters. The largest absolute Gasteiger partial charge is 0.492 e. The number of rotatable bonds is 5. The maximum absolute atomic E-state index is 12.9. The number of carbonyl (C=O) groups excluding carboxylic acids is 2. The lowest BCUT2D eigenvalue weighted by Gasteiger charge is -2.16. The van der Waals surface area contributed by atoms with E-state index in [-0.39, 0.29) is 10.1 Å². The van der Waals surface area contributed by atoms with E-state index in [1.54, 1.807) is 54.6 Å². The molecule has 1 fully saturated rings. The molecule has 146 valence electrons. The maximum Gasteiger partial charge on any atom is 0.298 e. The van der Waals surface area contributed by atoms with Crippen molar-refractivity contribution >= 4 is 46.3 Å². The zero-order chi connectivity index (χ0) is 20.4. The minimum atomic E-state index is -0.409. The van der Waals surface area contributed by atoms with Gasteiger partial charge in [-0.3, -0.25) is 9.59 Å². The van der Waals surface area contributed by atoms with Gasteiger partial charge in [0.05, 0.1) is 17.2 Å². The van der Waals surface area contributed by atoms with Gasteiger partial charge in [0.15, 0.2) is 0 Å². The summed E-state index contributed by atoms with van der Waals surface area (Å²) in [6.45, 7) is 2.28. The maximum atomic E-state index is 12.9. The van der Waals surface area contributed by atoms with Gasteiger partial charge in [0.2, 0.25) is 0 Å². The lowest BCUT2D eigenvalue weighted by molar-refractivity contribution is -0.113. The first-order valence-corrected chi connectivity index (χ1v) is 10.1. The first-order chi connectivity index (χ1) is 14.1. The molecule has 4 rings (SSSR count). The van der Waals surface area contributed by atoms with Crippen LogP contribution in [0, 0.1) is 0 Å². The highest BCUT2D eigenvalue weighted by molar-refractivity contribution is 8.19. The van der Waals surface area contributed by atoms with E-state index in [0.717, 1.165) is 22.2 Å². The van der Waals surface area contributed by atoms with E-state index in [2.05, 4.69) is 0 Å². The number of thioether (sulfide) groups is 1. The Balaban J connectivity index is 1.62.